The molecule has 2 aromatic rings. The van der Waals surface area contributed by atoms with E-state index in [2.05, 4.69) is 76.2 Å². The van der Waals surface area contributed by atoms with Crippen LogP contribution < -0.4 is 0 Å². The van der Waals surface area contributed by atoms with E-state index in [-0.39, 0.29) is 10.8 Å². The largest absolute Gasteiger partial charge is 0.0654 e. The van der Waals surface area contributed by atoms with E-state index in [4.69, 9.17) is 0 Å². The Kier molecular flexibility index (Phi) is 5.90. The first-order valence-electron chi connectivity index (χ1n) is 10.8. The quantitative estimate of drug-likeness (QED) is 0.427. The second-order valence-electron chi connectivity index (χ2n) is 8.71. The van der Waals surface area contributed by atoms with E-state index in [0.29, 0.717) is 0 Å². The van der Waals surface area contributed by atoms with Crippen molar-refractivity contribution in [2.75, 3.05) is 0 Å². The van der Waals surface area contributed by atoms with Crippen molar-refractivity contribution in [3.8, 4) is 0 Å². The van der Waals surface area contributed by atoms with Crippen molar-refractivity contribution in [2.45, 2.75) is 89.9 Å². The normalized spacial score (nSPS) is 16.8. The summed E-state index contributed by atoms with van der Waals surface area (Å²) < 4.78 is 0. The van der Waals surface area contributed by atoms with Gasteiger partial charge in [-0.05, 0) is 35.1 Å². The van der Waals surface area contributed by atoms with Gasteiger partial charge >= 0.3 is 0 Å². The minimum atomic E-state index is 0.0895. The van der Waals surface area contributed by atoms with Crippen LogP contribution in [0.1, 0.15) is 101 Å². The Bertz CT molecular complexity index is 661. The molecule has 0 fully saturated rings. The van der Waals surface area contributed by atoms with Crippen LogP contribution in [0.25, 0.3) is 0 Å². The molecule has 0 bridgehead atoms. The van der Waals surface area contributed by atoms with Gasteiger partial charge in [0.25, 0.3) is 0 Å². The molecule has 0 heterocycles. The molecule has 0 saturated heterocycles. The SMILES string of the molecule is CCCCCC1(CCCCC)c2ccccc2C(C)(C)c2ccccc21. The Labute approximate surface area is 161 Å². The van der Waals surface area contributed by atoms with Gasteiger partial charge in [0.05, 0.1) is 0 Å². The van der Waals surface area contributed by atoms with Crippen LogP contribution in [0.5, 0.6) is 0 Å². The highest BCUT2D eigenvalue weighted by atomic mass is 14.5. The standard InChI is InChI=1S/C26H36/c1-5-7-13-19-26(20-14-8-6-2)23-17-11-9-15-21(23)25(3,4)22-16-10-12-18-24(22)26/h9-12,15-18H,5-8,13-14,19-20H2,1-4H3. The first-order chi connectivity index (χ1) is 12.6. The van der Waals surface area contributed by atoms with E-state index < -0.39 is 0 Å². The summed E-state index contributed by atoms with van der Waals surface area (Å²) in [5.41, 5.74) is 6.60. The van der Waals surface area contributed by atoms with Crippen LogP contribution in [0.15, 0.2) is 48.5 Å². The second-order valence-corrected chi connectivity index (χ2v) is 8.71. The monoisotopic (exact) mass is 348 g/mol. The minimum absolute atomic E-state index is 0.0895. The maximum atomic E-state index is 2.44. The highest BCUT2D eigenvalue weighted by Gasteiger charge is 2.45. The van der Waals surface area contributed by atoms with Crippen LogP contribution in [-0.2, 0) is 10.8 Å². The lowest BCUT2D eigenvalue weighted by Gasteiger charge is -2.48. The number of benzene rings is 2. The van der Waals surface area contributed by atoms with E-state index >= 15 is 0 Å². The second kappa shape index (κ2) is 7.99. The van der Waals surface area contributed by atoms with E-state index in [0.717, 1.165) is 0 Å². The number of unbranched alkanes of at least 4 members (excludes halogenated alkanes) is 4. The fourth-order valence-electron chi connectivity index (χ4n) is 5.20. The van der Waals surface area contributed by atoms with Crippen molar-refractivity contribution in [3.05, 3.63) is 70.8 Å². The van der Waals surface area contributed by atoms with Gasteiger partial charge in [0.2, 0.25) is 0 Å². The summed E-state index contributed by atoms with van der Waals surface area (Å²) in [5, 5.41) is 0. The van der Waals surface area contributed by atoms with Crippen LogP contribution in [0, 0.1) is 0 Å². The lowest BCUT2D eigenvalue weighted by atomic mass is 9.56. The Morgan fingerprint density at radius 1 is 0.577 bits per heavy atom. The molecular formula is C26H36. The lowest BCUT2D eigenvalue weighted by Crippen LogP contribution is -2.40. The van der Waals surface area contributed by atoms with Gasteiger partial charge in [0.1, 0.15) is 0 Å². The molecule has 140 valence electrons. The van der Waals surface area contributed by atoms with Crippen LogP contribution in [0.2, 0.25) is 0 Å². The Morgan fingerprint density at radius 3 is 1.35 bits per heavy atom. The molecule has 0 aromatic heterocycles. The zero-order valence-electron chi connectivity index (χ0n) is 17.3. The first-order valence-corrected chi connectivity index (χ1v) is 10.8. The van der Waals surface area contributed by atoms with Gasteiger partial charge in [-0.2, -0.15) is 0 Å². The predicted molar refractivity (Wildman–Crippen MR) is 114 cm³/mol. The number of rotatable bonds is 8. The van der Waals surface area contributed by atoms with E-state index in [1.165, 1.54) is 51.4 Å². The Balaban J connectivity index is 2.18. The third kappa shape index (κ3) is 3.24. The predicted octanol–water partition coefficient (Wildman–Crippen LogP) is 7.77. The average Bonchev–Trinajstić information content (AvgIpc) is 2.66. The molecule has 0 amide bonds. The smallest absolute Gasteiger partial charge is 0.0209 e. The number of hydrogen-bond donors (Lipinski definition) is 0. The van der Waals surface area contributed by atoms with Gasteiger partial charge in [0.15, 0.2) is 0 Å². The summed E-state index contributed by atoms with van der Waals surface area (Å²) in [5.74, 6) is 0. The summed E-state index contributed by atoms with van der Waals surface area (Å²) in [6, 6.07) is 18.6. The molecule has 0 unspecified atom stereocenters. The Hall–Kier alpha value is -1.56. The van der Waals surface area contributed by atoms with E-state index in [1.54, 1.807) is 22.3 Å². The molecule has 0 N–H and O–H groups in total. The van der Waals surface area contributed by atoms with Crippen molar-refractivity contribution < 1.29 is 0 Å². The lowest BCUT2D eigenvalue weighted by molar-refractivity contribution is 0.370. The molecule has 0 spiro atoms. The highest BCUT2D eigenvalue weighted by molar-refractivity contribution is 5.59. The fourth-order valence-corrected chi connectivity index (χ4v) is 5.20. The van der Waals surface area contributed by atoms with Crippen molar-refractivity contribution in [2.24, 2.45) is 0 Å². The van der Waals surface area contributed by atoms with Gasteiger partial charge in [0, 0.05) is 10.8 Å². The molecule has 3 rings (SSSR count). The van der Waals surface area contributed by atoms with Gasteiger partial charge in [-0.1, -0.05) is 115 Å². The molecule has 0 atom stereocenters. The summed E-state index contributed by atoms with van der Waals surface area (Å²) in [4.78, 5) is 0. The van der Waals surface area contributed by atoms with Gasteiger partial charge in [-0.25, -0.2) is 0 Å². The van der Waals surface area contributed by atoms with Crippen LogP contribution in [-0.4, -0.2) is 0 Å². The van der Waals surface area contributed by atoms with E-state index in [1.807, 2.05) is 0 Å². The van der Waals surface area contributed by atoms with Gasteiger partial charge < -0.3 is 0 Å². The summed E-state index contributed by atoms with van der Waals surface area (Å²) >= 11 is 0. The maximum Gasteiger partial charge on any atom is 0.0209 e. The van der Waals surface area contributed by atoms with Gasteiger partial charge in [-0.3, -0.25) is 0 Å². The zero-order chi connectivity index (χ0) is 18.6. The minimum Gasteiger partial charge on any atom is -0.0654 e. The van der Waals surface area contributed by atoms with Crippen molar-refractivity contribution in [1.29, 1.82) is 0 Å². The van der Waals surface area contributed by atoms with Crippen LogP contribution >= 0.6 is 0 Å². The summed E-state index contributed by atoms with van der Waals surface area (Å²) in [6.07, 6.45) is 10.5. The molecular weight excluding hydrogens is 312 g/mol. The van der Waals surface area contributed by atoms with Crippen LogP contribution in [0.3, 0.4) is 0 Å². The fraction of sp³-hybridized carbons (Fsp3) is 0.538. The van der Waals surface area contributed by atoms with E-state index in [9.17, 15) is 0 Å². The highest BCUT2D eigenvalue weighted by Crippen LogP contribution is 2.53. The van der Waals surface area contributed by atoms with Crippen LogP contribution in [0.4, 0.5) is 0 Å². The molecule has 2 aromatic carbocycles. The number of hydrogen-bond acceptors (Lipinski definition) is 0. The van der Waals surface area contributed by atoms with Crippen molar-refractivity contribution in [1.82, 2.24) is 0 Å². The molecule has 0 aliphatic heterocycles. The molecule has 1 aliphatic rings. The summed E-state index contributed by atoms with van der Waals surface area (Å²) in [6.45, 7) is 9.45. The zero-order valence-corrected chi connectivity index (χ0v) is 17.3. The number of fused-ring (bicyclic) bond motifs is 2. The molecule has 0 heteroatoms. The molecule has 0 saturated carbocycles. The van der Waals surface area contributed by atoms with Gasteiger partial charge in [-0.15, -0.1) is 0 Å². The molecule has 0 nitrogen and oxygen atoms in total. The van der Waals surface area contributed by atoms with Crippen molar-refractivity contribution >= 4 is 0 Å². The maximum absolute atomic E-state index is 2.44. The first kappa shape index (κ1) is 19.2. The third-order valence-electron chi connectivity index (χ3n) is 6.65. The topological polar surface area (TPSA) is 0 Å². The molecule has 0 radical (unpaired) electrons. The summed E-state index contributed by atoms with van der Waals surface area (Å²) in [7, 11) is 0. The molecule has 1 aliphatic carbocycles. The average molecular weight is 349 g/mol. The Morgan fingerprint density at radius 2 is 0.962 bits per heavy atom. The van der Waals surface area contributed by atoms with Crippen molar-refractivity contribution in [3.63, 3.8) is 0 Å². The molecule has 26 heavy (non-hydrogen) atoms. The third-order valence-corrected chi connectivity index (χ3v) is 6.65.